The van der Waals surface area contributed by atoms with Gasteiger partial charge in [0.1, 0.15) is 6.10 Å². The average Bonchev–Trinajstić information content (AvgIpc) is 3.72. The summed E-state index contributed by atoms with van der Waals surface area (Å²) in [6, 6.07) is 0. The molecule has 0 spiro atoms. The lowest BCUT2D eigenvalue weighted by Crippen LogP contribution is -2.33. The van der Waals surface area contributed by atoms with Crippen molar-refractivity contribution in [2.45, 2.75) is 204 Å². The van der Waals surface area contributed by atoms with Gasteiger partial charge in [0.25, 0.3) is 0 Å². The number of hydrogen-bond acceptors (Lipinski definition) is 7. The second-order valence-electron chi connectivity index (χ2n) is 13.3. The predicted octanol–water partition coefficient (Wildman–Crippen LogP) is 7.08. The smallest absolute Gasteiger partial charge is 0.334 e. The molecule has 0 unspecified atom stereocenters. The molecule has 3 aliphatic heterocycles. The summed E-state index contributed by atoms with van der Waals surface area (Å²) in [5.74, 6) is -0.133. The summed E-state index contributed by atoms with van der Waals surface area (Å²) in [5, 5.41) is 31.6. The Kier molecular flexibility index (Phi) is 17.0. The summed E-state index contributed by atoms with van der Waals surface area (Å²) in [4.78, 5) is 11.6. The van der Waals surface area contributed by atoms with Gasteiger partial charge >= 0.3 is 5.97 Å². The van der Waals surface area contributed by atoms with Gasteiger partial charge in [-0.05, 0) is 83.6 Å². The first-order valence-corrected chi connectivity index (χ1v) is 17.6. The molecule has 0 saturated carbocycles. The number of unbranched alkanes of at least 4 members (excludes halogenated alkanes) is 10. The first-order chi connectivity index (χ1) is 20.4. The van der Waals surface area contributed by atoms with Crippen molar-refractivity contribution in [3.8, 4) is 0 Å². The minimum Gasteiger partial charge on any atom is -0.455 e. The van der Waals surface area contributed by atoms with Crippen LogP contribution in [0.2, 0.25) is 0 Å². The first kappa shape index (κ1) is 35.5. The molecule has 7 heteroatoms. The number of hydrogen-bond donors (Lipinski definition) is 3. The first-order valence-electron chi connectivity index (χ1n) is 17.6. The van der Waals surface area contributed by atoms with Crippen LogP contribution in [-0.4, -0.2) is 70.1 Å². The van der Waals surface area contributed by atoms with E-state index in [9.17, 15) is 20.1 Å². The van der Waals surface area contributed by atoms with E-state index in [0.717, 1.165) is 95.5 Å². The highest BCUT2D eigenvalue weighted by molar-refractivity contribution is 5.90. The van der Waals surface area contributed by atoms with Crippen LogP contribution in [0.15, 0.2) is 11.6 Å². The highest BCUT2D eigenvalue weighted by Gasteiger charge is 2.40. The zero-order chi connectivity index (χ0) is 30.2. The van der Waals surface area contributed by atoms with Gasteiger partial charge in [-0.3, -0.25) is 0 Å². The molecule has 3 N–H and O–H groups in total. The normalized spacial score (nSPS) is 28.2. The van der Waals surface area contributed by atoms with E-state index in [1.807, 2.05) is 13.0 Å². The van der Waals surface area contributed by atoms with Gasteiger partial charge in [-0.1, -0.05) is 77.6 Å². The number of carbonyl (C=O) groups excluding carboxylic acids is 1. The van der Waals surface area contributed by atoms with Crippen molar-refractivity contribution in [2.75, 3.05) is 0 Å². The van der Waals surface area contributed by atoms with Crippen LogP contribution in [0.4, 0.5) is 0 Å². The second-order valence-corrected chi connectivity index (χ2v) is 13.3. The molecule has 42 heavy (non-hydrogen) atoms. The molecule has 3 rings (SSSR count). The molecule has 2 fully saturated rings. The van der Waals surface area contributed by atoms with Gasteiger partial charge in [0.15, 0.2) is 0 Å². The minimum atomic E-state index is -0.482. The van der Waals surface area contributed by atoms with Crippen LogP contribution in [0.5, 0.6) is 0 Å². The van der Waals surface area contributed by atoms with Crippen LogP contribution in [0.3, 0.4) is 0 Å². The van der Waals surface area contributed by atoms with Crippen LogP contribution >= 0.6 is 0 Å². The molecule has 244 valence electrons. The third-order valence-electron chi connectivity index (χ3n) is 9.56. The van der Waals surface area contributed by atoms with Gasteiger partial charge in [-0.25, -0.2) is 4.79 Å². The molecule has 0 aromatic carbocycles. The molecular weight excluding hydrogens is 532 g/mol. The van der Waals surface area contributed by atoms with Gasteiger partial charge in [-0.15, -0.1) is 0 Å². The second kappa shape index (κ2) is 20.1. The van der Waals surface area contributed by atoms with E-state index in [4.69, 9.17) is 14.2 Å². The maximum Gasteiger partial charge on any atom is 0.334 e. The van der Waals surface area contributed by atoms with Crippen molar-refractivity contribution in [3.05, 3.63) is 11.6 Å². The van der Waals surface area contributed by atoms with Crippen molar-refractivity contribution in [1.82, 2.24) is 0 Å². The third-order valence-corrected chi connectivity index (χ3v) is 9.56. The summed E-state index contributed by atoms with van der Waals surface area (Å²) in [6.07, 6.45) is 22.8. The van der Waals surface area contributed by atoms with E-state index < -0.39 is 12.2 Å². The Morgan fingerprint density at radius 1 is 0.690 bits per heavy atom. The fourth-order valence-corrected chi connectivity index (χ4v) is 6.92. The summed E-state index contributed by atoms with van der Waals surface area (Å²) in [7, 11) is 0. The van der Waals surface area contributed by atoms with Crippen LogP contribution in [0.1, 0.15) is 155 Å². The number of esters is 1. The molecule has 3 heterocycles. The Balaban J connectivity index is 1.16. The van der Waals surface area contributed by atoms with Crippen LogP contribution < -0.4 is 0 Å². The maximum absolute atomic E-state index is 11.6. The summed E-state index contributed by atoms with van der Waals surface area (Å²) in [5.41, 5.74) is 0.851. The standard InChI is InChI=1S/C35H62O7/c1-3-4-5-13-17-28(36)18-15-20-30(38)32-22-24-34(42-32)33-23-21-31(41-33)29(37)19-14-11-9-7-6-8-10-12-16-27-25-26(2)40-35(27)39/h25-26,28-34,36-38H,3-24H2,1-2H3/t26-,28+,29+,30+,31-,32+,33-,34+/m0/s1. The molecule has 0 radical (unpaired) electrons. The fourth-order valence-electron chi connectivity index (χ4n) is 6.92. The summed E-state index contributed by atoms with van der Waals surface area (Å²) >= 11 is 0. The number of aliphatic hydroxyl groups excluding tert-OH is 3. The Bertz CT molecular complexity index is 770. The maximum atomic E-state index is 11.6. The number of carbonyl (C=O) groups is 1. The number of cyclic esters (lactones) is 1. The molecule has 0 bridgehead atoms. The zero-order valence-electron chi connectivity index (χ0n) is 26.7. The van der Waals surface area contributed by atoms with Crippen LogP contribution in [0, 0.1) is 0 Å². The quantitative estimate of drug-likeness (QED) is 0.0858. The lowest BCUT2D eigenvalue weighted by atomic mass is 9.99. The molecule has 0 aliphatic carbocycles. The average molecular weight is 595 g/mol. The van der Waals surface area contributed by atoms with Crippen LogP contribution in [-0.2, 0) is 19.0 Å². The number of aliphatic hydroxyl groups is 3. The molecule has 8 atom stereocenters. The van der Waals surface area contributed by atoms with E-state index in [1.165, 1.54) is 44.9 Å². The highest BCUT2D eigenvalue weighted by atomic mass is 16.6. The van der Waals surface area contributed by atoms with Gasteiger partial charge in [-0.2, -0.15) is 0 Å². The Morgan fingerprint density at radius 2 is 1.19 bits per heavy atom. The van der Waals surface area contributed by atoms with Gasteiger partial charge < -0.3 is 29.5 Å². The number of rotatable bonds is 23. The summed E-state index contributed by atoms with van der Waals surface area (Å²) in [6.45, 7) is 4.10. The van der Waals surface area contributed by atoms with Crippen LogP contribution in [0.25, 0.3) is 0 Å². The SMILES string of the molecule is CCCCCC[C@@H](O)CCC[C@@H](O)[C@H]1CC[C@H]([C@@H]2CC[C@@H]([C@H](O)CCCCCCCCCCC3=C[C@H](C)OC3=O)O2)O1. The molecule has 3 aliphatic rings. The van der Waals surface area contributed by atoms with Gasteiger partial charge in [0.2, 0.25) is 0 Å². The largest absolute Gasteiger partial charge is 0.455 e. The van der Waals surface area contributed by atoms with Gasteiger partial charge in [0.05, 0.1) is 42.7 Å². The number of ether oxygens (including phenoxy) is 3. The third kappa shape index (κ3) is 12.9. The van der Waals surface area contributed by atoms with Crippen molar-refractivity contribution < 1.29 is 34.3 Å². The van der Waals surface area contributed by atoms with E-state index in [-0.39, 0.29) is 42.6 Å². The Labute approximate surface area is 255 Å². The molecule has 0 aromatic heterocycles. The fraction of sp³-hybridized carbons (Fsp3) is 0.914. The molecular formula is C35H62O7. The van der Waals surface area contributed by atoms with E-state index in [1.54, 1.807) is 0 Å². The minimum absolute atomic E-state index is 0.0123. The molecule has 7 nitrogen and oxygen atoms in total. The van der Waals surface area contributed by atoms with Crippen molar-refractivity contribution >= 4 is 5.97 Å². The van der Waals surface area contributed by atoms with E-state index >= 15 is 0 Å². The Morgan fingerprint density at radius 3 is 1.76 bits per heavy atom. The van der Waals surface area contributed by atoms with E-state index in [0.29, 0.717) is 6.42 Å². The zero-order valence-corrected chi connectivity index (χ0v) is 26.7. The predicted molar refractivity (Wildman–Crippen MR) is 166 cm³/mol. The van der Waals surface area contributed by atoms with Crippen molar-refractivity contribution in [1.29, 1.82) is 0 Å². The van der Waals surface area contributed by atoms with Gasteiger partial charge in [0, 0.05) is 5.57 Å². The molecule has 0 amide bonds. The Hall–Kier alpha value is -0.990. The highest BCUT2D eigenvalue weighted by Crippen LogP contribution is 2.34. The topological polar surface area (TPSA) is 105 Å². The lowest BCUT2D eigenvalue weighted by molar-refractivity contribution is -0.139. The lowest BCUT2D eigenvalue weighted by Gasteiger charge is -2.24. The summed E-state index contributed by atoms with van der Waals surface area (Å²) < 4.78 is 17.6. The van der Waals surface area contributed by atoms with E-state index in [2.05, 4.69) is 6.92 Å². The van der Waals surface area contributed by atoms with Crippen molar-refractivity contribution in [2.24, 2.45) is 0 Å². The van der Waals surface area contributed by atoms with Crippen molar-refractivity contribution in [3.63, 3.8) is 0 Å². The molecule has 0 aromatic rings. The molecule has 2 saturated heterocycles. The monoisotopic (exact) mass is 594 g/mol.